The van der Waals surface area contributed by atoms with E-state index < -0.39 is 0 Å². The molecule has 0 spiro atoms. The van der Waals surface area contributed by atoms with Crippen molar-refractivity contribution < 1.29 is 0 Å². The van der Waals surface area contributed by atoms with Gasteiger partial charge in [0.25, 0.3) is 0 Å². The maximum Gasteiger partial charge on any atom is -0.00669 e. The summed E-state index contributed by atoms with van der Waals surface area (Å²) in [6.07, 6.45) is 4.60. The molecule has 2 rings (SSSR count). The Labute approximate surface area is 81.3 Å². The van der Waals surface area contributed by atoms with E-state index in [-0.39, 0.29) is 0 Å². The SMILES string of the molecule is CC.CC1=CCc2ccccc2C1. The average Bonchev–Trinajstić information content (AvgIpc) is 2.21. The van der Waals surface area contributed by atoms with Crippen molar-refractivity contribution in [2.75, 3.05) is 0 Å². The van der Waals surface area contributed by atoms with E-state index in [1.54, 1.807) is 0 Å². The molecule has 0 heteroatoms. The van der Waals surface area contributed by atoms with Crippen molar-refractivity contribution in [3.63, 3.8) is 0 Å². The fourth-order valence-corrected chi connectivity index (χ4v) is 1.59. The Bertz CT molecular complexity index is 295. The highest BCUT2D eigenvalue weighted by atomic mass is 14.1. The molecule has 13 heavy (non-hydrogen) atoms. The van der Waals surface area contributed by atoms with Gasteiger partial charge in [0, 0.05) is 0 Å². The summed E-state index contributed by atoms with van der Waals surface area (Å²) in [5.74, 6) is 0. The third-order valence-electron chi connectivity index (χ3n) is 2.26. The minimum absolute atomic E-state index is 1.13. The Hall–Kier alpha value is -1.04. The van der Waals surface area contributed by atoms with Crippen LogP contribution in [0.3, 0.4) is 0 Å². The Morgan fingerprint density at radius 2 is 1.62 bits per heavy atom. The van der Waals surface area contributed by atoms with Crippen molar-refractivity contribution in [3.05, 3.63) is 47.0 Å². The lowest BCUT2D eigenvalue weighted by Crippen LogP contribution is -1.99. The van der Waals surface area contributed by atoms with Crippen LogP contribution in [0.4, 0.5) is 0 Å². The fourth-order valence-electron chi connectivity index (χ4n) is 1.59. The van der Waals surface area contributed by atoms with Crippen LogP contribution in [0.1, 0.15) is 31.9 Å². The highest BCUT2D eigenvalue weighted by Crippen LogP contribution is 2.19. The standard InChI is InChI=1S/C11H12.C2H6/c1-9-6-7-10-4-2-3-5-11(10)8-9;1-2/h2-6H,7-8H2,1H3;1-2H3. The van der Waals surface area contributed by atoms with Gasteiger partial charge in [0.15, 0.2) is 0 Å². The van der Waals surface area contributed by atoms with Crippen LogP contribution in [0.5, 0.6) is 0 Å². The van der Waals surface area contributed by atoms with E-state index >= 15 is 0 Å². The normalized spacial score (nSPS) is 13.6. The maximum absolute atomic E-state index is 2.32. The summed E-state index contributed by atoms with van der Waals surface area (Å²) in [6.45, 7) is 6.20. The van der Waals surface area contributed by atoms with Crippen LogP contribution in [-0.2, 0) is 12.8 Å². The molecule has 1 aliphatic carbocycles. The second kappa shape index (κ2) is 4.86. The average molecular weight is 174 g/mol. The Balaban J connectivity index is 0.000000396. The van der Waals surface area contributed by atoms with E-state index in [0.29, 0.717) is 0 Å². The van der Waals surface area contributed by atoms with E-state index in [9.17, 15) is 0 Å². The van der Waals surface area contributed by atoms with Gasteiger partial charge in [0.05, 0.1) is 0 Å². The summed E-state index contributed by atoms with van der Waals surface area (Å²) in [4.78, 5) is 0. The van der Waals surface area contributed by atoms with Gasteiger partial charge in [0.2, 0.25) is 0 Å². The van der Waals surface area contributed by atoms with Crippen LogP contribution in [0.15, 0.2) is 35.9 Å². The first-order valence-corrected chi connectivity index (χ1v) is 5.08. The molecule has 1 aromatic rings. The zero-order chi connectivity index (χ0) is 9.68. The summed E-state index contributed by atoms with van der Waals surface area (Å²) >= 11 is 0. The van der Waals surface area contributed by atoms with E-state index in [1.165, 1.54) is 16.7 Å². The molecule has 0 saturated carbocycles. The van der Waals surface area contributed by atoms with Crippen LogP contribution >= 0.6 is 0 Å². The lowest BCUT2D eigenvalue weighted by atomic mass is 9.93. The van der Waals surface area contributed by atoms with Crippen molar-refractivity contribution in [2.45, 2.75) is 33.6 Å². The van der Waals surface area contributed by atoms with Crippen LogP contribution in [0.25, 0.3) is 0 Å². The molecule has 0 fully saturated rings. The lowest BCUT2D eigenvalue weighted by Gasteiger charge is -2.13. The number of benzene rings is 1. The molecule has 1 aromatic carbocycles. The number of hydrogen-bond donors (Lipinski definition) is 0. The second-order valence-electron chi connectivity index (χ2n) is 3.20. The van der Waals surface area contributed by atoms with E-state index in [0.717, 1.165) is 12.8 Å². The molecule has 0 amide bonds. The molecule has 0 aromatic heterocycles. The van der Waals surface area contributed by atoms with Crippen LogP contribution in [0.2, 0.25) is 0 Å². The molecule has 70 valence electrons. The van der Waals surface area contributed by atoms with E-state index in [4.69, 9.17) is 0 Å². The third kappa shape index (κ3) is 2.45. The van der Waals surface area contributed by atoms with Crippen molar-refractivity contribution in [1.82, 2.24) is 0 Å². The number of rotatable bonds is 0. The van der Waals surface area contributed by atoms with Crippen LogP contribution < -0.4 is 0 Å². The zero-order valence-electron chi connectivity index (χ0n) is 8.80. The van der Waals surface area contributed by atoms with Crippen molar-refractivity contribution in [2.24, 2.45) is 0 Å². The topological polar surface area (TPSA) is 0 Å². The minimum Gasteiger partial charge on any atom is -0.0809 e. The van der Waals surface area contributed by atoms with Crippen LogP contribution in [-0.4, -0.2) is 0 Å². The summed E-state index contributed by atoms with van der Waals surface area (Å²) in [7, 11) is 0. The number of fused-ring (bicyclic) bond motifs is 1. The first-order valence-electron chi connectivity index (χ1n) is 5.08. The minimum atomic E-state index is 1.13. The van der Waals surface area contributed by atoms with Gasteiger partial charge in [-0.1, -0.05) is 49.8 Å². The van der Waals surface area contributed by atoms with Crippen LogP contribution in [0, 0.1) is 0 Å². The van der Waals surface area contributed by atoms with Crippen molar-refractivity contribution in [3.8, 4) is 0 Å². The smallest absolute Gasteiger partial charge is 0.00669 e. The molecule has 0 N–H and O–H groups in total. The first-order chi connectivity index (χ1) is 6.36. The summed E-state index contributed by atoms with van der Waals surface area (Å²) in [5.41, 5.74) is 4.51. The van der Waals surface area contributed by atoms with Gasteiger partial charge in [-0.25, -0.2) is 0 Å². The van der Waals surface area contributed by atoms with Gasteiger partial charge in [-0.3, -0.25) is 0 Å². The largest absolute Gasteiger partial charge is 0.0809 e. The third-order valence-corrected chi connectivity index (χ3v) is 2.26. The maximum atomic E-state index is 2.32. The molecule has 0 saturated heterocycles. The predicted molar refractivity (Wildman–Crippen MR) is 59.0 cm³/mol. The molecule has 0 atom stereocenters. The summed E-state index contributed by atoms with van der Waals surface area (Å²) in [5, 5.41) is 0. The Morgan fingerprint density at radius 1 is 1.00 bits per heavy atom. The Kier molecular flexibility index (Phi) is 3.75. The zero-order valence-corrected chi connectivity index (χ0v) is 8.80. The van der Waals surface area contributed by atoms with Gasteiger partial charge in [0.1, 0.15) is 0 Å². The molecule has 1 aliphatic rings. The number of hydrogen-bond acceptors (Lipinski definition) is 0. The number of allylic oxidation sites excluding steroid dienone is 2. The molecule has 0 nitrogen and oxygen atoms in total. The fraction of sp³-hybridized carbons (Fsp3) is 0.385. The molecule has 0 heterocycles. The summed E-state index contributed by atoms with van der Waals surface area (Å²) in [6, 6.07) is 8.69. The van der Waals surface area contributed by atoms with Crippen molar-refractivity contribution in [1.29, 1.82) is 0 Å². The van der Waals surface area contributed by atoms with Gasteiger partial charge >= 0.3 is 0 Å². The highest BCUT2D eigenvalue weighted by Gasteiger charge is 2.05. The van der Waals surface area contributed by atoms with E-state index in [1.807, 2.05) is 13.8 Å². The monoisotopic (exact) mass is 174 g/mol. The molecule has 0 radical (unpaired) electrons. The molecular formula is C13H18. The molecule has 0 unspecified atom stereocenters. The molecular weight excluding hydrogens is 156 g/mol. The predicted octanol–water partition coefficient (Wildman–Crippen LogP) is 3.76. The van der Waals surface area contributed by atoms with E-state index in [2.05, 4.69) is 37.3 Å². The van der Waals surface area contributed by atoms with Crippen molar-refractivity contribution >= 4 is 0 Å². The second-order valence-corrected chi connectivity index (χ2v) is 3.20. The van der Waals surface area contributed by atoms with Gasteiger partial charge in [-0.15, -0.1) is 0 Å². The molecule has 0 aliphatic heterocycles. The quantitative estimate of drug-likeness (QED) is 0.525. The highest BCUT2D eigenvalue weighted by molar-refractivity contribution is 5.35. The first kappa shape index (κ1) is 10.0. The van der Waals surface area contributed by atoms with Gasteiger partial charge in [-0.2, -0.15) is 0 Å². The summed E-state index contributed by atoms with van der Waals surface area (Å²) < 4.78 is 0. The molecule has 0 bridgehead atoms. The van der Waals surface area contributed by atoms with Gasteiger partial charge < -0.3 is 0 Å². The van der Waals surface area contributed by atoms with Gasteiger partial charge in [-0.05, 0) is 30.9 Å². The Morgan fingerprint density at radius 3 is 2.31 bits per heavy atom. The lowest BCUT2D eigenvalue weighted by molar-refractivity contribution is 1.02.